The van der Waals surface area contributed by atoms with E-state index in [9.17, 15) is 9.59 Å². The molecule has 0 unspecified atom stereocenters. The molecule has 1 aromatic carbocycles. The van der Waals surface area contributed by atoms with Gasteiger partial charge in [0.1, 0.15) is 0 Å². The van der Waals surface area contributed by atoms with Crippen LogP contribution in [0.1, 0.15) is 18.1 Å². The highest BCUT2D eigenvalue weighted by Gasteiger charge is 2.29. The Morgan fingerprint density at radius 1 is 1.21 bits per heavy atom. The van der Waals surface area contributed by atoms with Crippen LogP contribution in [0.3, 0.4) is 0 Å². The molecule has 3 heterocycles. The molecule has 1 aliphatic rings. The first kappa shape index (κ1) is 18.3. The zero-order valence-corrected chi connectivity index (χ0v) is 16.8. The fraction of sp³-hybridized carbons (Fsp3) is 0.381. The first-order chi connectivity index (χ1) is 13.3. The van der Waals surface area contributed by atoms with Gasteiger partial charge in [0, 0.05) is 32.4 Å². The number of aromatic nitrogens is 4. The molecule has 28 heavy (non-hydrogen) atoms. The van der Waals surface area contributed by atoms with Crippen molar-refractivity contribution in [3.63, 3.8) is 0 Å². The van der Waals surface area contributed by atoms with Gasteiger partial charge in [0.25, 0.3) is 5.56 Å². The zero-order chi connectivity index (χ0) is 20.2. The molecule has 0 fully saturated rings. The molecule has 1 atom stereocenters. The minimum Gasteiger partial charge on any atom is -0.312 e. The molecule has 4 rings (SSSR count). The summed E-state index contributed by atoms with van der Waals surface area (Å²) < 4.78 is 4.62. The van der Waals surface area contributed by atoms with Crippen LogP contribution in [0.25, 0.3) is 11.2 Å². The van der Waals surface area contributed by atoms with Crippen LogP contribution in [0.15, 0.2) is 40.4 Å². The van der Waals surface area contributed by atoms with E-state index in [0.717, 1.165) is 12.2 Å². The van der Waals surface area contributed by atoms with E-state index in [1.54, 1.807) is 13.1 Å². The van der Waals surface area contributed by atoms with Gasteiger partial charge in [0.05, 0.1) is 0 Å². The number of aryl methyl sites for hydroxylation is 3. The lowest BCUT2D eigenvalue weighted by Gasteiger charge is -2.33. The van der Waals surface area contributed by atoms with Gasteiger partial charge in [0.15, 0.2) is 11.2 Å². The van der Waals surface area contributed by atoms with Crippen molar-refractivity contribution < 1.29 is 0 Å². The quantitative estimate of drug-likeness (QED) is 0.656. The molecule has 7 nitrogen and oxygen atoms in total. The number of fused-ring (bicyclic) bond motifs is 3. The molecular weight excluding hydrogens is 354 g/mol. The lowest BCUT2D eigenvalue weighted by atomic mass is 10.1. The molecule has 7 heteroatoms. The van der Waals surface area contributed by atoms with Gasteiger partial charge >= 0.3 is 5.69 Å². The lowest BCUT2D eigenvalue weighted by Crippen LogP contribution is -2.40. The predicted molar refractivity (Wildman–Crippen MR) is 112 cm³/mol. The second kappa shape index (κ2) is 6.51. The highest BCUT2D eigenvalue weighted by molar-refractivity contribution is 5.77. The Balaban J connectivity index is 2.02. The summed E-state index contributed by atoms with van der Waals surface area (Å²) in [6, 6.07) is 6.33. The minimum atomic E-state index is -0.376. The molecule has 0 spiro atoms. The van der Waals surface area contributed by atoms with Crippen molar-refractivity contribution in [1.82, 2.24) is 18.7 Å². The van der Waals surface area contributed by atoms with Crippen molar-refractivity contribution in [2.75, 3.05) is 11.4 Å². The predicted octanol–water partition coefficient (Wildman–Crippen LogP) is 2.49. The first-order valence-electron chi connectivity index (χ1n) is 9.49. The molecule has 1 aliphatic heterocycles. The molecule has 0 saturated carbocycles. The third kappa shape index (κ3) is 2.61. The summed E-state index contributed by atoms with van der Waals surface area (Å²) in [6.07, 6.45) is 1.56. The molecule has 0 N–H and O–H groups in total. The SMILES string of the molecule is C=CCn1c(=O)c2c(nc3n2C[C@@H](C)CN3c2ccc(C)c(C)c2)n(C)c1=O. The number of benzene rings is 1. The summed E-state index contributed by atoms with van der Waals surface area (Å²) in [4.78, 5) is 32.6. The highest BCUT2D eigenvalue weighted by Crippen LogP contribution is 2.33. The van der Waals surface area contributed by atoms with Crippen LogP contribution in [0, 0.1) is 19.8 Å². The Labute approximate surface area is 163 Å². The number of anilines is 2. The van der Waals surface area contributed by atoms with Crippen LogP contribution >= 0.6 is 0 Å². The molecule has 0 bridgehead atoms. The smallest absolute Gasteiger partial charge is 0.312 e. The second-order valence-corrected chi connectivity index (χ2v) is 7.72. The van der Waals surface area contributed by atoms with Gasteiger partial charge in [-0.2, -0.15) is 4.98 Å². The average Bonchev–Trinajstić information content (AvgIpc) is 3.04. The molecular formula is C21H25N5O2. The molecule has 146 valence electrons. The van der Waals surface area contributed by atoms with Crippen molar-refractivity contribution in [1.29, 1.82) is 0 Å². The minimum absolute atomic E-state index is 0.179. The van der Waals surface area contributed by atoms with Crippen molar-refractivity contribution in [2.45, 2.75) is 33.9 Å². The van der Waals surface area contributed by atoms with Crippen molar-refractivity contribution >= 4 is 22.8 Å². The van der Waals surface area contributed by atoms with Crippen molar-refractivity contribution in [3.05, 3.63) is 62.8 Å². The maximum Gasteiger partial charge on any atom is 0.332 e. The monoisotopic (exact) mass is 379 g/mol. The highest BCUT2D eigenvalue weighted by atomic mass is 16.2. The topological polar surface area (TPSA) is 65.1 Å². The van der Waals surface area contributed by atoms with Crippen LogP contribution < -0.4 is 16.1 Å². The number of allylic oxidation sites excluding steroid dienone is 1. The maximum atomic E-state index is 13.1. The Kier molecular flexibility index (Phi) is 4.25. The summed E-state index contributed by atoms with van der Waals surface area (Å²) in [5.41, 5.74) is 3.69. The maximum absolute atomic E-state index is 13.1. The second-order valence-electron chi connectivity index (χ2n) is 7.72. The number of hydrogen-bond donors (Lipinski definition) is 0. The fourth-order valence-corrected chi connectivity index (χ4v) is 3.91. The Bertz CT molecular complexity index is 1210. The molecule has 0 amide bonds. The molecule has 2 aromatic heterocycles. The summed E-state index contributed by atoms with van der Waals surface area (Å²) in [5.74, 6) is 1.04. The van der Waals surface area contributed by atoms with E-state index in [-0.39, 0.29) is 17.8 Å². The standard InChI is InChI=1S/C21H25N5O2/c1-6-9-24-19(27)17-18(23(5)21(24)28)22-20-25(11-13(2)12-26(17)20)16-8-7-14(3)15(4)10-16/h6-8,10,13H,1,9,11-12H2,2-5H3/t13-/m0/s1. The Hall–Kier alpha value is -3.09. The average molecular weight is 379 g/mol. The Morgan fingerprint density at radius 2 is 1.96 bits per heavy atom. The van der Waals surface area contributed by atoms with Gasteiger partial charge in [-0.3, -0.25) is 13.9 Å². The number of rotatable bonds is 3. The number of nitrogens with zero attached hydrogens (tertiary/aromatic N) is 5. The molecule has 0 aliphatic carbocycles. The van der Waals surface area contributed by atoms with E-state index in [2.05, 4.69) is 50.4 Å². The summed E-state index contributed by atoms with van der Waals surface area (Å²) in [6.45, 7) is 11.7. The largest absolute Gasteiger partial charge is 0.332 e. The van der Waals surface area contributed by atoms with Crippen LogP contribution in [0.4, 0.5) is 11.6 Å². The van der Waals surface area contributed by atoms with Crippen LogP contribution in [-0.4, -0.2) is 25.2 Å². The lowest BCUT2D eigenvalue weighted by molar-refractivity contribution is 0.458. The van der Waals surface area contributed by atoms with Gasteiger partial charge in [0.2, 0.25) is 5.95 Å². The van der Waals surface area contributed by atoms with Gasteiger partial charge in [-0.05, 0) is 43.0 Å². The molecule has 0 radical (unpaired) electrons. The summed E-state index contributed by atoms with van der Waals surface area (Å²) >= 11 is 0. The number of imidazole rings is 1. The van der Waals surface area contributed by atoms with E-state index in [1.165, 1.54) is 20.3 Å². The van der Waals surface area contributed by atoms with E-state index < -0.39 is 0 Å². The molecule has 3 aromatic rings. The molecule has 0 saturated heterocycles. The van der Waals surface area contributed by atoms with Gasteiger partial charge < -0.3 is 9.47 Å². The van der Waals surface area contributed by atoms with Crippen LogP contribution in [-0.2, 0) is 20.1 Å². The van der Waals surface area contributed by atoms with Gasteiger partial charge in [-0.25, -0.2) is 4.79 Å². The fourth-order valence-electron chi connectivity index (χ4n) is 3.91. The van der Waals surface area contributed by atoms with Gasteiger partial charge in [-0.15, -0.1) is 6.58 Å². The normalized spacial score (nSPS) is 16.4. The van der Waals surface area contributed by atoms with Crippen LogP contribution in [0.2, 0.25) is 0 Å². The van der Waals surface area contributed by atoms with E-state index in [0.29, 0.717) is 29.6 Å². The van der Waals surface area contributed by atoms with E-state index >= 15 is 0 Å². The van der Waals surface area contributed by atoms with Crippen molar-refractivity contribution in [3.8, 4) is 0 Å². The first-order valence-corrected chi connectivity index (χ1v) is 9.49. The van der Waals surface area contributed by atoms with E-state index in [4.69, 9.17) is 4.98 Å². The summed E-state index contributed by atoms with van der Waals surface area (Å²) in [5, 5.41) is 0. The number of hydrogen-bond acceptors (Lipinski definition) is 4. The third-order valence-corrected chi connectivity index (χ3v) is 5.56. The van der Waals surface area contributed by atoms with Gasteiger partial charge in [-0.1, -0.05) is 19.1 Å². The Morgan fingerprint density at radius 3 is 2.64 bits per heavy atom. The third-order valence-electron chi connectivity index (χ3n) is 5.56. The zero-order valence-electron chi connectivity index (χ0n) is 16.8. The van der Waals surface area contributed by atoms with E-state index in [1.807, 2.05) is 4.57 Å². The van der Waals surface area contributed by atoms with Crippen LogP contribution in [0.5, 0.6) is 0 Å². The summed E-state index contributed by atoms with van der Waals surface area (Å²) in [7, 11) is 1.66. The van der Waals surface area contributed by atoms with Crippen molar-refractivity contribution in [2.24, 2.45) is 13.0 Å².